The van der Waals surface area contributed by atoms with Crippen molar-refractivity contribution in [1.82, 2.24) is 0 Å². The Balaban J connectivity index is -0.000000436. The molecule has 3 aliphatic rings. The Morgan fingerprint density at radius 1 is 0.556 bits per heavy atom. The molecule has 0 unspecified atom stereocenters. The maximum atomic E-state index is 11.0. The molecule has 36 heavy (non-hydrogen) atoms. The zero-order valence-electron chi connectivity index (χ0n) is 20.2. The number of esters is 3. The maximum absolute atomic E-state index is 11.0. The molecule has 0 amide bonds. The molecule has 0 saturated heterocycles. The van der Waals surface area contributed by atoms with Gasteiger partial charge in [0.2, 0.25) is 0 Å². The summed E-state index contributed by atoms with van der Waals surface area (Å²) < 4.78 is 14.3. The molecule has 190 valence electrons. The normalized spacial score (nSPS) is 13.2. The van der Waals surface area contributed by atoms with Crippen LogP contribution < -0.4 is 9.41 Å². The Labute approximate surface area is 230 Å². The summed E-state index contributed by atoms with van der Waals surface area (Å²) in [6.07, 6.45) is 20.2. The molecule has 3 rings (SSSR count). The van der Waals surface area contributed by atoms with Crippen molar-refractivity contribution >= 4 is 44.1 Å². The fraction of sp³-hybridized carbons (Fsp3) is 0.222. The van der Waals surface area contributed by atoms with E-state index in [1.165, 1.54) is 0 Å². The molecule has 0 aromatic heterocycles. The molecule has 9 heteroatoms. The van der Waals surface area contributed by atoms with Crippen molar-refractivity contribution < 1.29 is 38.0 Å². The standard InChI is InChI=1S/3C9H9O2.Bi.2FH/c3*1-2-11-9(10)8-6-4-3-5-7-8;;;/h3*4-7H,2H2,1H3;;2*1H/q;;;+2;;/p-2. The van der Waals surface area contributed by atoms with Gasteiger partial charge in [0.25, 0.3) is 0 Å². The van der Waals surface area contributed by atoms with E-state index in [-0.39, 0.29) is 53.5 Å². The van der Waals surface area contributed by atoms with Crippen LogP contribution in [0, 0.1) is 19.3 Å². The van der Waals surface area contributed by atoms with Gasteiger partial charge in [-0.1, -0.05) is 0 Å². The first-order valence-corrected chi connectivity index (χ1v) is 10.4. The number of ether oxygens (including phenoxy) is 3. The molecule has 0 aromatic carbocycles. The van der Waals surface area contributed by atoms with Crippen molar-refractivity contribution in [3.05, 3.63) is 108 Å². The average molecular weight is 694 g/mol. The van der Waals surface area contributed by atoms with Gasteiger partial charge in [0, 0.05) is 36.0 Å². The summed E-state index contributed by atoms with van der Waals surface area (Å²) >= 11 is 0. The summed E-state index contributed by atoms with van der Waals surface area (Å²) in [6.45, 7) is 6.60. The van der Waals surface area contributed by atoms with Gasteiger partial charge in [-0.3, -0.25) is 0 Å². The van der Waals surface area contributed by atoms with E-state index in [0.29, 0.717) is 36.5 Å². The average Bonchev–Trinajstić information content (AvgIpc) is 2.87. The Morgan fingerprint density at radius 2 is 0.806 bits per heavy atom. The van der Waals surface area contributed by atoms with Crippen molar-refractivity contribution in [2.24, 2.45) is 0 Å². The van der Waals surface area contributed by atoms with Crippen molar-refractivity contribution in [3.63, 3.8) is 0 Å². The number of carbonyl (C=O) groups excluding carboxylic acids is 3. The van der Waals surface area contributed by atoms with Crippen molar-refractivity contribution in [2.45, 2.75) is 20.8 Å². The molecular weight excluding hydrogens is 667 g/mol. The predicted octanol–water partition coefficient (Wildman–Crippen LogP) is -2.16. The Hall–Kier alpha value is -3.07. The van der Waals surface area contributed by atoms with Crippen LogP contribution in [0.3, 0.4) is 0 Å². The van der Waals surface area contributed by atoms with E-state index in [4.69, 9.17) is 14.2 Å². The molecule has 3 aliphatic carbocycles. The zero-order valence-corrected chi connectivity index (χ0v) is 23.7. The van der Waals surface area contributed by atoms with E-state index in [1.54, 1.807) is 94.7 Å². The van der Waals surface area contributed by atoms with E-state index in [0.717, 1.165) is 0 Å². The second-order valence-corrected chi connectivity index (χ2v) is 6.03. The molecule has 0 bridgehead atoms. The quantitative estimate of drug-likeness (QED) is 0.137. The molecule has 0 N–H and O–H groups in total. The first-order valence-electron chi connectivity index (χ1n) is 10.4. The Bertz CT molecular complexity index is 873. The summed E-state index contributed by atoms with van der Waals surface area (Å²) in [6, 6.07) is 0. The number of hydrogen-bond donors (Lipinski definition) is 0. The Kier molecular flexibility index (Phi) is 24.6. The molecule has 0 heterocycles. The van der Waals surface area contributed by atoms with Crippen LogP contribution in [0.4, 0.5) is 0 Å². The first-order chi connectivity index (χ1) is 16.0. The SMILES string of the molecule is CCOC(=O)C1=CC=C=C[CH]1.CCOC(=O)C1=CC=C=C[CH]1.CCOC(=O)C1=CC=C=C[CH]1.[Bi+2].[F-].[F-]. The van der Waals surface area contributed by atoms with Crippen LogP contribution >= 0.6 is 0 Å². The Morgan fingerprint density at radius 3 is 0.972 bits per heavy atom. The number of allylic oxidation sites excluding steroid dienone is 6. The second-order valence-electron chi connectivity index (χ2n) is 6.03. The van der Waals surface area contributed by atoms with Gasteiger partial charge in [-0.2, -0.15) is 0 Å². The van der Waals surface area contributed by atoms with Crippen molar-refractivity contribution in [2.75, 3.05) is 19.8 Å². The minimum absolute atomic E-state index is 0. The van der Waals surface area contributed by atoms with Gasteiger partial charge in [0.05, 0.1) is 19.8 Å². The van der Waals surface area contributed by atoms with Gasteiger partial charge in [0.1, 0.15) is 0 Å². The van der Waals surface area contributed by atoms with Crippen LogP contribution in [-0.4, -0.2) is 63.9 Å². The third-order valence-electron chi connectivity index (χ3n) is 3.69. The molecule has 6 radical (unpaired) electrons. The fourth-order valence-corrected chi connectivity index (χ4v) is 2.21. The third-order valence-corrected chi connectivity index (χ3v) is 3.69. The summed E-state index contributed by atoms with van der Waals surface area (Å²) in [4.78, 5) is 33.0. The van der Waals surface area contributed by atoms with Crippen LogP contribution in [0.2, 0.25) is 0 Å². The zero-order chi connectivity index (χ0) is 24.3. The van der Waals surface area contributed by atoms with Crippen molar-refractivity contribution in [3.8, 4) is 0 Å². The topological polar surface area (TPSA) is 78.9 Å². The molecule has 0 aliphatic heterocycles. The van der Waals surface area contributed by atoms with Crippen LogP contribution in [0.25, 0.3) is 0 Å². The smallest absolute Gasteiger partial charge is 1.00 e. The summed E-state index contributed by atoms with van der Waals surface area (Å²) in [7, 11) is 0. The summed E-state index contributed by atoms with van der Waals surface area (Å²) in [5.41, 5.74) is 10.2. The van der Waals surface area contributed by atoms with Gasteiger partial charge in [-0.15, -0.1) is 17.2 Å². The molecule has 0 fully saturated rings. The van der Waals surface area contributed by atoms with Crippen LogP contribution in [-0.2, 0) is 28.6 Å². The molecule has 0 spiro atoms. The third kappa shape index (κ3) is 15.8. The fourth-order valence-electron chi connectivity index (χ4n) is 2.21. The van der Waals surface area contributed by atoms with Crippen LogP contribution in [0.1, 0.15) is 20.8 Å². The largest absolute Gasteiger partial charge is 2.00 e. The summed E-state index contributed by atoms with van der Waals surface area (Å²) in [5, 5.41) is 0. The van der Waals surface area contributed by atoms with Crippen LogP contribution in [0.5, 0.6) is 0 Å². The number of carbonyl (C=O) groups is 3. The second kappa shape index (κ2) is 23.7. The van der Waals surface area contributed by atoms with Crippen molar-refractivity contribution in [1.29, 1.82) is 0 Å². The minimum Gasteiger partial charge on any atom is -1.00 e. The first kappa shape index (κ1) is 37.5. The maximum Gasteiger partial charge on any atom is 2.00 e. The van der Waals surface area contributed by atoms with Gasteiger partial charge in [0.15, 0.2) is 0 Å². The van der Waals surface area contributed by atoms with Gasteiger partial charge in [-0.05, 0) is 75.5 Å². The number of rotatable bonds is 6. The molecule has 6 nitrogen and oxygen atoms in total. The van der Waals surface area contributed by atoms with Gasteiger partial charge < -0.3 is 23.6 Å². The van der Waals surface area contributed by atoms with E-state index in [2.05, 4.69) is 17.2 Å². The summed E-state index contributed by atoms with van der Waals surface area (Å²) in [5.74, 6) is -0.829. The molecule has 0 aromatic rings. The molecular formula is C27H27BiF2O6. The monoisotopic (exact) mass is 694 g/mol. The number of halogens is 2. The van der Waals surface area contributed by atoms with E-state index >= 15 is 0 Å². The number of hydrogen-bond acceptors (Lipinski definition) is 6. The molecule has 0 atom stereocenters. The van der Waals surface area contributed by atoms with Crippen LogP contribution in [0.15, 0.2) is 88.6 Å². The van der Waals surface area contributed by atoms with Gasteiger partial charge >= 0.3 is 44.1 Å². The predicted molar refractivity (Wildman–Crippen MR) is 131 cm³/mol. The molecule has 0 saturated carbocycles. The van der Waals surface area contributed by atoms with E-state index in [9.17, 15) is 14.4 Å². The van der Waals surface area contributed by atoms with E-state index < -0.39 is 0 Å². The van der Waals surface area contributed by atoms with E-state index in [1.807, 2.05) is 0 Å². The van der Waals surface area contributed by atoms with Gasteiger partial charge in [-0.25, -0.2) is 14.4 Å². The minimum atomic E-state index is -0.276.